The highest BCUT2D eigenvalue weighted by molar-refractivity contribution is 7.98. The molecule has 0 spiro atoms. The van der Waals surface area contributed by atoms with Crippen molar-refractivity contribution in [2.45, 2.75) is 4.90 Å². The zero-order valence-electron chi connectivity index (χ0n) is 5.87. The van der Waals surface area contributed by atoms with Gasteiger partial charge in [-0.15, -0.1) is 11.8 Å². The molecule has 0 bridgehead atoms. The van der Waals surface area contributed by atoms with E-state index < -0.39 is 0 Å². The lowest BCUT2D eigenvalue weighted by atomic mass is 10.3. The SMILES string of the molecule is C=Cc1cncc(SC)c1. The minimum atomic E-state index is 1.08. The largest absolute Gasteiger partial charge is 0.263 e. The quantitative estimate of drug-likeness (QED) is 0.602. The Hall–Kier alpha value is -0.760. The van der Waals surface area contributed by atoms with Crippen LogP contribution in [0.2, 0.25) is 0 Å². The van der Waals surface area contributed by atoms with Crippen LogP contribution in [0, 0.1) is 0 Å². The zero-order valence-corrected chi connectivity index (χ0v) is 6.69. The van der Waals surface area contributed by atoms with Crippen LogP contribution in [-0.4, -0.2) is 11.2 Å². The monoisotopic (exact) mass is 151 g/mol. The molecule has 1 aromatic rings. The summed E-state index contributed by atoms with van der Waals surface area (Å²) in [6.45, 7) is 3.66. The highest BCUT2D eigenvalue weighted by Gasteiger charge is 1.89. The molecule has 0 aliphatic rings. The van der Waals surface area contributed by atoms with Crippen molar-refractivity contribution in [3.05, 3.63) is 30.6 Å². The highest BCUT2D eigenvalue weighted by Crippen LogP contribution is 2.14. The Kier molecular flexibility index (Phi) is 2.51. The van der Waals surface area contributed by atoms with E-state index in [2.05, 4.69) is 17.6 Å². The third-order valence-electron chi connectivity index (χ3n) is 1.21. The van der Waals surface area contributed by atoms with Gasteiger partial charge in [0, 0.05) is 17.3 Å². The molecule has 0 saturated heterocycles. The smallest absolute Gasteiger partial charge is 0.0404 e. The first kappa shape index (κ1) is 7.35. The summed E-state index contributed by atoms with van der Waals surface area (Å²) in [5.41, 5.74) is 1.08. The van der Waals surface area contributed by atoms with Gasteiger partial charge in [0.25, 0.3) is 0 Å². The van der Waals surface area contributed by atoms with Crippen molar-refractivity contribution >= 4 is 17.8 Å². The topological polar surface area (TPSA) is 12.9 Å². The van der Waals surface area contributed by atoms with Gasteiger partial charge in [-0.2, -0.15) is 0 Å². The highest BCUT2D eigenvalue weighted by atomic mass is 32.2. The van der Waals surface area contributed by atoms with E-state index in [0.717, 1.165) is 5.56 Å². The van der Waals surface area contributed by atoms with E-state index in [4.69, 9.17) is 0 Å². The molecule has 10 heavy (non-hydrogen) atoms. The number of hydrogen-bond acceptors (Lipinski definition) is 2. The van der Waals surface area contributed by atoms with Crippen LogP contribution in [0.4, 0.5) is 0 Å². The number of nitrogens with zero attached hydrogens (tertiary/aromatic N) is 1. The maximum absolute atomic E-state index is 4.03. The summed E-state index contributed by atoms with van der Waals surface area (Å²) in [5.74, 6) is 0. The van der Waals surface area contributed by atoms with Gasteiger partial charge < -0.3 is 0 Å². The lowest BCUT2D eigenvalue weighted by molar-refractivity contribution is 1.23. The Morgan fingerprint density at radius 2 is 2.40 bits per heavy atom. The molecular formula is C8H9NS. The minimum Gasteiger partial charge on any atom is -0.263 e. The van der Waals surface area contributed by atoms with Gasteiger partial charge in [-0.1, -0.05) is 12.7 Å². The van der Waals surface area contributed by atoms with Gasteiger partial charge in [-0.05, 0) is 17.9 Å². The van der Waals surface area contributed by atoms with E-state index in [0.29, 0.717) is 0 Å². The number of hydrogen-bond donors (Lipinski definition) is 0. The van der Waals surface area contributed by atoms with Crippen molar-refractivity contribution < 1.29 is 0 Å². The van der Waals surface area contributed by atoms with Crippen molar-refractivity contribution in [1.29, 1.82) is 0 Å². The van der Waals surface area contributed by atoms with Crippen molar-refractivity contribution in [2.24, 2.45) is 0 Å². The third kappa shape index (κ3) is 1.61. The van der Waals surface area contributed by atoms with E-state index in [1.165, 1.54) is 4.90 Å². The fourth-order valence-corrected chi connectivity index (χ4v) is 1.08. The molecule has 1 aromatic heterocycles. The summed E-state index contributed by atoms with van der Waals surface area (Å²) < 4.78 is 0. The molecular weight excluding hydrogens is 142 g/mol. The Morgan fingerprint density at radius 3 is 3.00 bits per heavy atom. The summed E-state index contributed by atoms with van der Waals surface area (Å²) >= 11 is 1.69. The standard InChI is InChI=1S/C8H9NS/c1-3-7-4-8(10-2)6-9-5-7/h3-6H,1H2,2H3. The van der Waals surface area contributed by atoms with Gasteiger partial charge in [-0.25, -0.2) is 0 Å². The van der Waals surface area contributed by atoms with Gasteiger partial charge in [0.2, 0.25) is 0 Å². The molecule has 0 unspecified atom stereocenters. The van der Waals surface area contributed by atoms with Crippen LogP contribution in [0.25, 0.3) is 6.08 Å². The maximum atomic E-state index is 4.03. The molecule has 52 valence electrons. The lowest BCUT2D eigenvalue weighted by Crippen LogP contribution is -1.76. The molecule has 0 atom stereocenters. The predicted molar refractivity (Wildman–Crippen MR) is 46.1 cm³/mol. The average Bonchev–Trinajstić information content (AvgIpc) is 2.05. The fraction of sp³-hybridized carbons (Fsp3) is 0.125. The molecule has 0 N–H and O–H groups in total. The fourth-order valence-electron chi connectivity index (χ4n) is 0.659. The second kappa shape index (κ2) is 3.42. The third-order valence-corrected chi connectivity index (χ3v) is 1.90. The van der Waals surface area contributed by atoms with Gasteiger partial charge in [0.1, 0.15) is 0 Å². The Labute approximate surface area is 65.2 Å². The second-order valence-corrected chi connectivity index (χ2v) is 2.74. The summed E-state index contributed by atoms with van der Waals surface area (Å²) in [6.07, 6.45) is 7.47. The summed E-state index contributed by atoms with van der Waals surface area (Å²) in [7, 11) is 0. The van der Waals surface area contributed by atoms with Crippen molar-refractivity contribution in [2.75, 3.05) is 6.26 Å². The molecule has 0 aromatic carbocycles. The molecule has 1 rings (SSSR count). The van der Waals surface area contributed by atoms with Gasteiger partial charge in [-0.3, -0.25) is 4.98 Å². The summed E-state index contributed by atoms with van der Waals surface area (Å²) in [6, 6.07) is 2.06. The first-order chi connectivity index (χ1) is 4.86. The first-order valence-corrected chi connectivity index (χ1v) is 4.21. The van der Waals surface area contributed by atoms with Gasteiger partial charge in [0.15, 0.2) is 0 Å². The number of aromatic nitrogens is 1. The normalized spacial score (nSPS) is 9.30. The van der Waals surface area contributed by atoms with Crippen LogP contribution >= 0.6 is 11.8 Å². The summed E-state index contributed by atoms with van der Waals surface area (Å²) in [5, 5.41) is 0. The Morgan fingerprint density at radius 1 is 1.60 bits per heavy atom. The van der Waals surface area contributed by atoms with Crippen LogP contribution in [0.15, 0.2) is 29.9 Å². The summed E-state index contributed by atoms with van der Waals surface area (Å²) in [4.78, 5) is 5.21. The average molecular weight is 151 g/mol. The van der Waals surface area contributed by atoms with E-state index in [1.807, 2.05) is 12.5 Å². The number of thioether (sulfide) groups is 1. The minimum absolute atomic E-state index is 1.08. The molecule has 0 radical (unpaired) electrons. The van der Waals surface area contributed by atoms with E-state index in [-0.39, 0.29) is 0 Å². The molecule has 2 heteroatoms. The lowest BCUT2D eigenvalue weighted by Gasteiger charge is -1.95. The molecule has 1 heterocycles. The van der Waals surface area contributed by atoms with Crippen molar-refractivity contribution in [1.82, 2.24) is 4.98 Å². The predicted octanol–water partition coefficient (Wildman–Crippen LogP) is 2.45. The Bertz CT molecular complexity index is 232. The molecule has 0 amide bonds. The molecule has 0 fully saturated rings. The second-order valence-electron chi connectivity index (χ2n) is 1.86. The van der Waals surface area contributed by atoms with Gasteiger partial charge >= 0.3 is 0 Å². The molecule has 0 aliphatic carbocycles. The van der Waals surface area contributed by atoms with Crippen LogP contribution in [0.5, 0.6) is 0 Å². The molecule has 0 aliphatic heterocycles. The van der Waals surface area contributed by atoms with Crippen molar-refractivity contribution in [3.8, 4) is 0 Å². The van der Waals surface area contributed by atoms with Crippen LogP contribution in [0.3, 0.4) is 0 Å². The van der Waals surface area contributed by atoms with Crippen LogP contribution < -0.4 is 0 Å². The van der Waals surface area contributed by atoms with E-state index >= 15 is 0 Å². The van der Waals surface area contributed by atoms with E-state index in [1.54, 1.807) is 24.0 Å². The Balaban J connectivity index is 2.98. The zero-order chi connectivity index (χ0) is 7.40. The van der Waals surface area contributed by atoms with E-state index in [9.17, 15) is 0 Å². The van der Waals surface area contributed by atoms with Gasteiger partial charge in [0.05, 0.1) is 0 Å². The number of pyridine rings is 1. The van der Waals surface area contributed by atoms with Crippen LogP contribution in [-0.2, 0) is 0 Å². The maximum Gasteiger partial charge on any atom is 0.0404 e. The number of rotatable bonds is 2. The molecule has 1 nitrogen and oxygen atoms in total. The molecule has 0 saturated carbocycles. The first-order valence-electron chi connectivity index (χ1n) is 2.98. The van der Waals surface area contributed by atoms with Crippen molar-refractivity contribution in [3.63, 3.8) is 0 Å². The van der Waals surface area contributed by atoms with Crippen LogP contribution in [0.1, 0.15) is 5.56 Å².